The van der Waals surface area contributed by atoms with E-state index in [1.807, 2.05) is 25.1 Å². The lowest BCUT2D eigenvalue weighted by Gasteiger charge is -2.14. The van der Waals surface area contributed by atoms with E-state index in [0.29, 0.717) is 27.8 Å². The summed E-state index contributed by atoms with van der Waals surface area (Å²) in [6.07, 6.45) is 0. The first-order chi connectivity index (χ1) is 13.5. The molecule has 0 aliphatic carbocycles. The predicted octanol–water partition coefficient (Wildman–Crippen LogP) is 2.97. The van der Waals surface area contributed by atoms with E-state index in [4.69, 9.17) is 10.00 Å². The van der Waals surface area contributed by atoms with Crippen LogP contribution >= 0.6 is 11.8 Å². The van der Waals surface area contributed by atoms with E-state index in [0.717, 1.165) is 5.56 Å². The van der Waals surface area contributed by atoms with Crippen LogP contribution in [0.15, 0.2) is 47.6 Å². The number of ether oxygens (including phenoxy) is 1. The van der Waals surface area contributed by atoms with Crippen molar-refractivity contribution in [1.82, 2.24) is 20.2 Å². The number of anilines is 1. The summed E-state index contributed by atoms with van der Waals surface area (Å²) in [4.78, 5) is 12.6. The minimum absolute atomic E-state index is 0.251. The SMILES string of the molecule is COc1ccc(C)cc1-n1nnnc1S[C@@H](C)C(=O)Nc1ccccc1C#N. The molecule has 28 heavy (non-hydrogen) atoms. The van der Waals surface area contributed by atoms with Gasteiger partial charge in [0.25, 0.3) is 0 Å². The predicted molar refractivity (Wildman–Crippen MR) is 106 cm³/mol. The Balaban J connectivity index is 1.80. The first kappa shape index (κ1) is 19.4. The zero-order chi connectivity index (χ0) is 20.1. The number of carbonyl (C=O) groups excluding carboxylic acids is 1. The lowest BCUT2D eigenvalue weighted by molar-refractivity contribution is -0.115. The third kappa shape index (κ3) is 4.13. The third-order valence-electron chi connectivity index (χ3n) is 3.96. The number of para-hydroxylation sites is 1. The summed E-state index contributed by atoms with van der Waals surface area (Å²) in [5.41, 5.74) is 2.60. The molecule has 2 aromatic carbocycles. The molecule has 0 unspecified atom stereocenters. The Labute approximate surface area is 166 Å². The van der Waals surface area contributed by atoms with Gasteiger partial charge in [-0.15, -0.1) is 5.10 Å². The second-order valence-electron chi connectivity index (χ2n) is 5.96. The van der Waals surface area contributed by atoms with Gasteiger partial charge < -0.3 is 10.1 Å². The molecular weight excluding hydrogens is 376 g/mol. The summed E-state index contributed by atoms with van der Waals surface area (Å²) in [7, 11) is 1.58. The largest absolute Gasteiger partial charge is 0.494 e. The van der Waals surface area contributed by atoms with E-state index in [1.54, 1.807) is 43.0 Å². The molecule has 142 valence electrons. The maximum Gasteiger partial charge on any atom is 0.237 e. The highest BCUT2D eigenvalue weighted by Crippen LogP contribution is 2.29. The van der Waals surface area contributed by atoms with Crippen molar-refractivity contribution < 1.29 is 9.53 Å². The number of nitrogens with zero attached hydrogens (tertiary/aromatic N) is 5. The van der Waals surface area contributed by atoms with E-state index in [-0.39, 0.29) is 5.91 Å². The quantitative estimate of drug-likeness (QED) is 0.641. The second kappa shape index (κ2) is 8.54. The molecular formula is C19H18N6O2S. The van der Waals surface area contributed by atoms with Gasteiger partial charge in [-0.1, -0.05) is 30.0 Å². The van der Waals surface area contributed by atoms with Gasteiger partial charge >= 0.3 is 0 Å². The molecule has 1 atom stereocenters. The molecule has 0 spiro atoms. The lowest BCUT2D eigenvalue weighted by Crippen LogP contribution is -2.23. The average Bonchev–Trinajstić information content (AvgIpc) is 3.16. The van der Waals surface area contributed by atoms with Crippen LogP contribution in [0.2, 0.25) is 0 Å². The second-order valence-corrected chi connectivity index (χ2v) is 7.26. The molecule has 9 heteroatoms. The van der Waals surface area contributed by atoms with Crippen molar-refractivity contribution in [3.05, 3.63) is 53.6 Å². The maximum absolute atomic E-state index is 12.6. The van der Waals surface area contributed by atoms with E-state index in [2.05, 4.69) is 26.9 Å². The van der Waals surface area contributed by atoms with Crippen LogP contribution < -0.4 is 10.1 Å². The zero-order valence-corrected chi connectivity index (χ0v) is 16.4. The van der Waals surface area contributed by atoms with Crippen LogP contribution in [0.1, 0.15) is 18.1 Å². The zero-order valence-electron chi connectivity index (χ0n) is 15.6. The molecule has 0 saturated carbocycles. The molecule has 1 amide bonds. The average molecular weight is 394 g/mol. The molecule has 0 radical (unpaired) electrons. The molecule has 0 aliphatic rings. The van der Waals surface area contributed by atoms with Gasteiger partial charge in [0.15, 0.2) is 0 Å². The van der Waals surface area contributed by atoms with Crippen LogP contribution in [0.5, 0.6) is 5.75 Å². The number of hydrogen-bond donors (Lipinski definition) is 1. The Bertz CT molecular complexity index is 1040. The first-order valence-electron chi connectivity index (χ1n) is 8.43. The number of thioether (sulfide) groups is 1. The monoisotopic (exact) mass is 394 g/mol. The number of nitrogens with one attached hydrogen (secondary N) is 1. The number of benzene rings is 2. The van der Waals surface area contributed by atoms with Gasteiger partial charge in [-0.25, -0.2) is 0 Å². The van der Waals surface area contributed by atoms with Gasteiger partial charge in [0, 0.05) is 0 Å². The standard InChI is InChI=1S/C19H18N6O2S/c1-12-8-9-17(27-3)16(10-12)25-19(22-23-24-25)28-13(2)18(26)21-15-7-5-4-6-14(15)11-20/h4-10,13H,1-3H3,(H,21,26)/t13-/m0/s1. The van der Waals surface area contributed by atoms with E-state index in [9.17, 15) is 4.79 Å². The fraction of sp³-hybridized carbons (Fsp3) is 0.211. The van der Waals surface area contributed by atoms with E-state index >= 15 is 0 Å². The van der Waals surface area contributed by atoms with Crippen molar-refractivity contribution in [3.63, 3.8) is 0 Å². The Kier molecular flexibility index (Phi) is 5.91. The van der Waals surface area contributed by atoms with Crippen LogP contribution in [-0.4, -0.2) is 38.5 Å². The number of aryl methyl sites for hydroxylation is 1. The Morgan fingerprint density at radius 1 is 1.32 bits per heavy atom. The van der Waals surface area contributed by atoms with Gasteiger partial charge in [-0.05, 0) is 54.1 Å². The summed E-state index contributed by atoms with van der Waals surface area (Å²) in [6, 6.07) is 14.6. The van der Waals surface area contributed by atoms with Crippen molar-refractivity contribution in [1.29, 1.82) is 5.26 Å². The minimum atomic E-state index is -0.493. The Morgan fingerprint density at radius 3 is 2.86 bits per heavy atom. The minimum Gasteiger partial charge on any atom is -0.494 e. The number of nitriles is 1. The number of amides is 1. The smallest absolute Gasteiger partial charge is 0.237 e. The summed E-state index contributed by atoms with van der Waals surface area (Å²) in [6.45, 7) is 3.71. The molecule has 3 rings (SSSR count). The number of tetrazole rings is 1. The lowest BCUT2D eigenvalue weighted by atomic mass is 10.2. The third-order valence-corrected chi connectivity index (χ3v) is 4.99. The summed E-state index contributed by atoms with van der Waals surface area (Å²) in [5.74, 6) is 0.373. The van der Waals surface area contributed by atoms with E-state index < -0.39 is 5.25 Å². The molecule has 1 heterocycles. The van der Waals surface area contributed by atoms with E-state index in [1.165, 1.54) is 11.8 Å². The molecule has 8 nitrogen and oxygen atoms in total. The summed E-state index contributed by atoms with van der Waals surface area (Å²) < 4.78 is 6.95. The van der Waals surface area contributed by atoms with Crippen molar-refractivity contribution in [2.24, 2.45) is 0 Å². The molecule has 3 aromatic rings. The van der Waals surface area contributed by atoms with Crippen LogP contribution in [0.4, 0.5) is 5.69 Å². The van der Waals surface area contributed by atoms with Crippen molar-refractivity contribution >= 4 is 23.4 Å². The number of aromatic nitrogens is 4. The van der Waals surface area contributed by atoms with Crippen LogP contribution in [0, 0.1) is 18.3 Å². The number of methoxy groups -OCH3 is 1. The Hall–Kier alpha value is -3.38. The maximum atomic E-state index is 12.6. The fourth-order valence-electron chi connectivity index (χ4n) is 2.50. The topological polar surface area (TPSA) is 106 Å². The summed E-state index contributed by atoms with van der Waals surface area (Å²) in [5, 5.41) is 23.7. The molecule has 0 bridgehead atoms. The van der Waals surface area contributed by atoms with Gasteiger partial charge in [0.2, 0.25) is 11.1 Å². The highest BCUT2D eigenvalue weighted by atomic mass is 32.2. The molecule has 0 fully saturated rings. The van der Waals surface area contributed by atoms with Gasteiger partial charge in [0.1, 0.15) is 17.5 Å². The first-order valence-corrected chi connectivity index (χ1v) is 9.31. The molecule has 0 aliphatic heterocycles. The molecule has 1 N–H and O–H groups in total. The number of hydrogen-bond acceptors (Lipinski definition) is 7. The van der Waals surface area contributed by atoms with Gasteiger partial charge in [-0.2, -0.15) is 9.94 Å². The van der Waals surface area contributed by atoms with Crippen LogP contribution in [0.3, 0.4) is 0 Å². The van der Waals surface area contributed by atoms with Gasteiger partial charge in [-0.3, -0.25) is 4.79 Å². The molecule has 0 saturated heterocycles. The highest BCUT2D eigenvalue weighted by Gasteiger charge is 2.21. The van der Waals surface area contributed by atoms with Gasteiger partial charge in [0.05, 0.1) is 23.6 Å². The van der Waals surface area contributed by atoms with Crippen LogP contribution in [0.25, 0.3) is 5.69 Å². The number of rotatable bonds is 6. The van der Waals surface area contributed by atoms with Crippen LogP contribution in [-0.2, 0) is 4.79 Å². The van der Waals surface area contributed by atoms with Crippen molar-refractivity contribution in [2.75, 3.05) is 12.4 Å². The van der Waals surface area contributed by atoms with Crippen molar-refractivity contribution in [3.8, 4) is 17.5 Å². The number of carbonyl (C=O) groups is 1. The normalized spacial score (nSPS) is 11.5. The van der Waals surface area contributed by atoms with Crippen molar-refractivity contribution in [2.45, 2.75) is 24.3 Å². The fourth-order valence-corrected chi connectivity index (χ4v) is 3.31. The molecule has 1 aromatic heterocycles. The highest BCUT2D eigenvalue weighted by molar-refractivity contribution is 8.00. The summed E-state index contributed by atoms with van der Waals surface area (Å²) >= 11 is 1.21. The Morgan fingerprint density at radius 2 is 2.11 bits per heavy atom.